The number of benzene rings is 1. The maximum atomic E-state index is 13.0. The van der Waals surface area contributed by atoms with Gasteiger partial charge in [-0.25, -0.2) is 0 Å². The van der Waals surface area contributed by atoms with E-state index in [9.17, 15) is 14.7 Å². The van der Waals surface area contributed by atoms with Gasteiger partial charge in [0.2, 0.25) is 5.91 Å². The monoisotopic (exact) mass is 356 g/mol. The molecule has 3 heterocycles. The van der Waals surface area contributed by atoms with E-state index in [0.717, 1.165) is 5.69 Å². The Morgan fingerprint density at radius 1 is 1.15 bits per heavy atom. The average Bonchev–Trinajstić information content (AvgIpc) is 3.15. The Morgan fingerprint density at radius 3 is 2.73 bits per heavy atom. The molecule has 0 bridgehead atoms. The van der Waals surface area contributed by atoms with Crippen molar-refractivity contribution >= 4 is 11.8 Å². The fraction of sp³-hybridized carbons (Fsp3) is 0.389. The summed E-state index contributed by atoms with van der Waals surface area (Å²) in [6.45, 7) is 2.77. The first-order chi connectivity index (χ1) is 12.6. The molecule has 136 valence electrons. The lowest BCUT2D eigenvalue weighted by atomic mass is 10.1. The minimum atomic E-state index is -0.548. The summed E-state index contributed by atoms with van der Waals surface area (Å²) in [5, 5.41) is 13.9. The highest BCUT2D eigenvalue weighted by Crippen LogP contribution is 2.25. The van der Waals surface area contributed by atoms with Crippen LogP contribution < -0.4 is 0 Å². The first-order valence-electron chi connectivity index (χ1n) is 8.61. The van der Waals surface area contributed by atoms with Gasteiger partial charge in [-0.2, -0.15) is 5.10 Å². The lowest BCUT2D eigenvalue weighted by molar-refractivity contribution is -0.140. The second-order valence-corrected chi connectivity index (χ2v) is 6.46. The minimum absolute atomic E-state index is 0.0406. The highest BCUT2D eigenvalue weighted by molar-refractivity contribution is 5.95. The molecule has 0 saturated carbocycles. The number of morpholine rings is 1. The molecule has 26 heavy (non-hydrogen) atoms. The number of rotatable bonds is 2. The number of amides is 2. The molecule has 1 atom stereocenters. The zero-order chi connectivity index (χ0) is 18.1. The van der Waals surface area contributed by atoms with Crippen LogP contribution in [0.25, 0.3) is 0 Å². The van der Waals surface area contributed by atoms with Gasteiger partial charge in [-0.1, -0.05) is 6.07 Å². The van der Waals surface area contributed by atoms with Crippen molar-refractivity contribution in [2.75, 3.05) is 32.8 Å². The number of aromatic nitrogens is 2. The summed E-state index contributed by atoms with van der Waals surface area (Å²) in [6, 6.07) is 7.52. The first-order valence-corrected chi connectivity index (χ1v) is 8.61. The van der Waals surface area contributed by atoms with Gasteiger partial charge >= 0.3 is 0 Å². The number of ether oxygens (including phenoxy) is 1. The summed E-state index contributed by atoms with van der Waals surface area (Å²) in [4.78, 5) is 29.3. The SMILES string of the molecule is O=C(c1cccc(O)c1)N1Cc2ccnn2[C@@H](C(=O)N2CCOCC2)C1. The molecule has 0 radical (unpaired) electrons. The van der Waals surface area contributed by atoms with E-state index < -0.39 is 6.04 Å². The third-order valence-electron chi connectivity index (χ3n) is 4.78. The van der Waals surface area contributed by atoms with Crippen LogP contribution in [-0.4, -0.2) is 69.3 Å². The number of phenolic OH excluding ortho intramolecular Hbond substituents is 1. The molecular weight excluding hydrogens is 336 g/mol. The molecule has 1 N–H and O–H groups in total. The van der Waals surface area contributed by atoms with Crippen LogP contribution in [0.1, 0.15) is 22.1 Å². The van der Waals surface area contributed by atoms with E-state index in [2.05, 4.69) is 5.10 Å². The van der Waals surface area contributed by atoms with Crippen molar-refractivity contribution in [3.05, 3.63) is 47.8 Å². The number of carbonyl (C=O) groups is 2. The number of phenols is 1. The molecule has 4 rings (SSSR count). The Hall–Kier alpha value is -2.87. The minimum Gasteiger partial charge on any atom is -0.508 e. The molecule has 0 spiro atoms. The Bertz CT molecular complexity index is 828. The number of nitrogens with zero attached hydrogens (tertiary/aromatic N) is 4. The van der Waals surface area contributed by atoms with Gasteiger partial charge in [-0.05, 0) is 24.3 Å². The largest absolute Gasteiger partial charge is 0.508 e. The summed E-state index contributed by atoms with van der Waals surface area (Å²) in [5.41, 5.74) is 1.21. The zero-order valence-corrected chi connectivity index (χ0v) is 14.2. The zero-order valence-electron chi connectivity index (χ0n) is 14.2. The normalized spacial score (nSPS) is 19.9. The lowest BCUT2D eigenvalue weighted by Crippen LogP contribution is -2.50. The first kappa shape index (κ1) is 16.6. The van der Waals surface area contributed by atoms with E-state index >= 15 is 0 Å². The highest BCUT2D eigenvalue weighted by atomic mass is 16.5. The van der Waals surface area contributed by atoms with Gasteiger partial charge in [0.1, 0.15) is 11.8 Å². The molecule has 1 saturated heterocycles. The Kier molecular flexibility index (Phi) is 4.34. The van der Waals surface area contributed by atoms with Crippen molar-refractivity contribution in [3.8, 4) is 5.75 Å². The molecule has 2 aliphatic rings. The number of fused-ring (bicyclic) bond motifs is 1. The van der Waals surface area contributed by atoms with Crippen LogP contribution in [0.4, 0.5) is 0 Å². The molecule has 0 unspecified atom stereocenters. The van der Waals surface area contributed by atoms with Gasteiger partial charge in [-0.3, -0.25) is 14.3 Å². The average molecular weight is 356 g/mol. The molecule has 2 aliphatic heterocycles. The van der Waals surface area contributed by atoms with Crippen LogP contribution in [0.3, 0.4) is 0 Å². The number of hydrogen-bond acceptors (Lipinski definition) is 5. The van der Waals surface area contributed by atoms with Gasteiger partial charge in [-0.15, -0.1) is 0 Å². The quantitative estimate of drug-likeness (QED) is 0.853. The molecule has 0 aliphatic carbocycles. The molecule has 1 aromatic heterocycles. The summed E-state index contributed by atoms with van der Waals surface area (Å²) in [7, 11) is 0. The maximum Gasteiger partial charge on any atom is 0.254 e. The molecule has 8 nitrogen and oxygen atoms in total. The summed E-state index contributed by atoms with van der Waals surface area (Å²) < 4.78 is 7.03. The maximum absolute atomic E-state index is 13.0. The number of carbonyl (C=O) groups excluding carboxylic acids is 2. The highest BCUT2D eigenvalue weighted by Gasteiger charge is 2.36. The van der Waals surface area contributed by atoms with E-state index in [4.69, 9.17) is 4.74 Å². The van der Waals surface area contributed by atoms with Crippen molar-refractivity contribution in [3.63, 3.8) is 0 Å². The number of aromatic hydroxyl groups is 1. The van der Waals surface area contributed by atoms with Crippen LogP contribution in [-0.2, 0) is 16.1 Å². The molecule has 2 aromatic rings. The summed E-state index contributed by atoms with van der Waals surface area (Å²) in [5.74, 6) is -0.223. The fourth-order valence-corrected chi connectivity index (χ4v) is 3.45. The van der Waals surface area contributed by atoms with E-state index in [0.29, 0.717) is 38.4 Å². The van der Waals surface area contributed by atoms with Gasteiger partial charge in [0.15, 0.2) is 0 Å². The van der Waals surface area contributed by atoms with Crippen molar-refractivity contribution in [1.82, 2.24) is 19.6 Å². The van der Waals surface area contributed by atoms with Gasteiger partial charge in [0.05, 0.1) is 32.0 Å². The molecular formula is C18H20N4O4. The standard InChI is InChI=1S/C18H20N4O4/c23-15-3-1-2-13(10-15)17(24)21-11-14-4-5-19-22(14)16(12-21)18(25)20-6-8-26-9-7-20/h1-5,10,16,23H,6-9,11-12H2/t16-/m1/s1. The summed E-state index contributed by atoms with van der Waals surface area (Å²) >= 11 is 0. The topological polar surface area (TPSA) is 87.9 Å². The lowest BCUT2D eigenvalue weighted by Gasteiger charge is -2.36. The predicted octanol–water partition coefficient (Wildman–Crippen LogP) is 0.645. The molecule has 1 fully saturated rings. The van der Waals surface area contributed by atoms with Crippen molar-refractivity contribution in [2.45, 2.75) is 12.6 Å². The van der Waals surface area contributed by atoms with Crippen molar-refractivity contribution in [1.29, 1.82) is 0 Å². The molecule has 8 heteroatoms. The van der Waals surface area contributed by atoms with E-state index in [-0.39, 0.29) is 24.1 Å². The van der Waals surface area contributed by atoms with E-state index in [1.807, 2.05) is 6.07 Å². The third-order valence-corrected chi connectivity index (χ3v) is 4.78. The Morgan fingerprint density at radius 2 is 1.96 bits per heavy atom. The second-order valence-electron chi connectivity index (χ2n) is 6.46. The van der Waals surface area contributed by atoms with Gasteiger partial charge in [0.25, 0.3) is 5.91 Å². The van der Waals surface area contributed by atoms with Crippen LogP contribution in [0.2, 0.25) is 0 Å². The van der Waals surface area contributed by atoms with Crippen molar-refractivity contribution < 1.29 is 19.4 Å². The fourth-order valence-electron chi connectivity index (χ4n) is 3.45. The van der Waals surface area contributed by atoms with Gasteiger partial charge in [0, 0.05) is 24.8 Å². The van der Waals surface area contributed by atoms with Crippen LogP contribution in [0.5, 0.6) is 5.75 Å². The van der Waals surface area contributed by atoms with Crippen LogP contribution >= 0.6 is 0 Å². The van der Waals surface area contributed by atoms with Crippen LogP contribution in [0.15, 0.2) is 36.5 Å². The Balaban J connectivity index is 1.59. The molecule has 1 aromatic carbocycles. The Labute approximate surface area is 150 Å². The predicted molar refractivity (Wildman–Crippen MR) is 91.5 cm³/mol. The van der Waals surface area contributed by atoms with Crippen molar-refractivity contribution in [2.24, 2.45) is 0 Å². The van der Waals surface area contributed by atoms with Gasteiger partial charge < -0.3 is 19.6 Å². The smallest absolute Gasteiger partial charge is 0.254 e. The summed E-state index contributed by atoms with van der Waals surface area (Å²) in [6.07, 6.45) is 1.65. The van der Waals surface area contributed by atoms with Crippen LogP contribution in [0, 0.1) is 0 Å². The van der Waals surface area contributed by atoms with E-state index in [1.54, 1.807) is 32.8 Å². The number of hydrogen-bond donors (Lipinski definition) is 1. The third kappa shape index (κ3) is 3.03. The molecule has 2 amide bonds. The van der Waals surface area contributed by atoms with E-state index in [1.165, 1.54) is 12.1 Å². The second kappa shape index (κ2) is 6.80.